The molecule has 1 atom stereocenters. The predicted molar refractivity (Wildman–Crippen MR) is 113 cm³/mol. The fourth-order valence-electron chi connectivity index (χ4n) is 3.88. The minimum Gasteiger partial charge on any atom is -0.373 e. The number of likely N-dealkylation sites (N-methyl/N-ethyl adjacent to an activating group) is 1. The standard InChI is InChI=1S/C21H34FN5O/c1-4-26-9-11-27(12-10-26)19-7-6-17(14-18(19)22)15-24-20(23-3)25-16-21(2)8-5-13-28-21/h6-7,14H,4-5,8-13,15-16H2,1-3H3,(H2,23,24,25). The van der Waals surface area contributed by atoms with Crippen molar-refractivity contribution in [3.05, 3.63) is 29.6 Å². The Balaban J connectivity index is 1.51. The Morgan fingerprint density at radius 1 is 1.25 bits per heavy atom. The number of piperazine rings is 1. The minimum atomic E-state index is -0.154. The van der Waals surface area contributed by atoms with Crippen LogP contribution < -0.4 is 15.5 Å². The SMILES string of the molecule is CCN1CCN(c2ccc(CNC(=NC)NCC3(C)CCCO3)cc2F)CC1. The molecular formula is C21H34FN5O. The number of aliphatic imine (C=N–C) groups is 1. The van der Waals surface area contributed by atoms with Crippen LogP contribution in [0.4, 0.5) is 10.1 Å². The van der Waals surface area contributed by atoms with Crippen LogP contribution >= 0.6 is 0 Å². The molecule has 2 aliphatic heterocycles. The molecule has 2 saturated heterocycles. The maximum atomic E-state index is 14.7. The second-order valence-electron chi connectivity index (χ2n) is 7.89. The molecule has 1 unspecified atom stereocenters. The van der Waals surface area contributed by atoms with Crippen LogP contribution in [0.25, 0.3) is 0 Å². The molecule has 0 aromatic heterocycles. The van der Waals surface area contributed by atoms with Crippen LogP contribution in [0.1, 0.15) is 32.3 Å². The van der Waals surface area contributed by atoms with Crippen LogP contribution in [0.15, 0.2) is 23.2 Å². The van der Waals surface area contributed by atoms with E-state index in [4.69, 9.17) is 4.74 Å². The minimum absolute atomic E-state index is 0.132. The van der Waals surface area contributed by atoms with Gasteiger partial charge in [-0.25, -0.2) is 4.39 Å². The molecule has 3 rings (SSSR count). The van der Waals surface area contributed by atoms with E-state index in [9.17, 15) is 4.39 Å². The number of benzene rings is 1. The van der Waals surface area contributed by atoms with Crippen molar-refractivity contribution < 1.29 is 9.13 Å². The molecular weight excluding hydrogens is 357 g/mol. The van der Waals surface area contributed by atoms with E-state index in [1.165, 1.54) is 0 Å². The van der Waals surface area contributed by atoms with Crippen molar-refractivity contribution in [2.45, 2.75) is 38.8 Å². The second-order valence-corrected chi connectivity index (χ2v) is 7.89. The van der Waals surface area contributed by atoms with E-state index in [2.05, 4.69) is 39.3 Å². The summed E-state index contributed by atoms with van der Waals surface area (Å²) in [6, 6.07) is 5.52. The van der Waals surface area contributed by atoms with Crippen molar-refractivity contribution in [3.63, 3.8) is 0 Å². The molecule has 2 fully saturated rings. The highest BCUT2D eigenvalue weighted by atomic mass is 19.1. The summed E-state index contributed by atoms with van der Waals surface area (Å²) in [7, 11) is 1.74. The number of rotatable bonds is 6. The lowest BCUT2D eigenvalue weighted by atomic mass is 10.0. The highest BCUT2D eigenvalue weighted by Crippen LogP contribution is 2.24. The maximum Gasteiger partial charge on any atom is 0.191 e. The van der Waals surface area contributed by atoms with E-state index < -0.39 is 0 Å². The molecule has 28 heavy (non-hydrogen) atoms. The van der Waals surface area contributed by atoms with Gasteiger partial charge in [-0.05, 0) is 44.0 Å². The van der Waals surface area contributed by atoms with Gasteiger partial charge >= 0.3 is 0 Å². The van der Waals surface area contributed by atoms with Crippen LogP contribution in [0.2, 0.25) is 0 Å². The highest BCUT2D eigenvalue weighted by Gasteiger charge is 2.29. The number of hydrogen-bond donors (Lipinski definition) is 2. The summed E-state index contributed by atoms with van der Waals surface area (Å²) < 4.78 is 20.5. The molecule has 0 radical (unpaired) electrons. The summed E-state index contributed by atoms with van der Waals surface area (Å²) in [6.07, 6.45) is 2.15. The highest BCUT2D eigenvalue weighted by molar-refractivity contribution is 5.79. The Kier molecular flexibility index (Phi) is 7.13. The lowest BCUT2D eigenvalue weighted by Gasteiger charge is -2.35. The average molecular weight is 392 g/mol. The number of anilines is 1. The van der Waals surface area contributed by atoms with Gasteiger partial charge < -0.3 is 25.2 Å². The van der Waals surface area contributed by atoms with Gasteiger partial charge in [0.2, 0.25) is 0 Å². The van der Waals surface area contributed by atoms with Gasteiger partial charge in [-0.3, -0.25) is 4.99 Å². The normalized spacial score (nSPS) is 23.9. The Bertz CT molecular complexity index is 667. The molecule has 0 saturated carbocycles. The first-order valence-electron chi connectivity index (χ1n) is 10.4. The summed E-state index contributed by atoms with van der Waals surface area (Å²) >= 11 is 0. The molecule has 0 amide bonds. The van der Waals surface area contributed by atoms with Crippen molar-refractivity contribution in [1.29, 1.82) is 0 Å². The van der Waals surface area contributed by atoms with Crippen LogP contribution in [0.5, 0.6) is 0 Å². The Morgan fingerprint density at radius 3 is 2.64 bits per heavy atom. The Hall–Kier alpha value is -1.86. The predicted octanol–water partition coefficient (Wildman–Crippen LogP) is 2.20. The zero-order chi connectivity index (χ0) is 20.0. The van der Waals surface area contributed by atoms with Gasteiger partial charge in [0.1, 0.15) is 5.82 Å². The van der Waals surface area contributed by atoms with Crippen molar-refractivity contribution in [2.24, 2.45) is 4.99 Å². The first kappa shape index (κ1) is 20.9. The zero-order valence-electron chi connectivity index (χ0n) is 17.4. The van der Waals surface area contributed by atoms with Crippen LogP contribution in [-0.2, 0) is 11.3 Å². The van der Waals surface area contributed by atoms with Crippen molar-refractivity contribution >= 4 is 11.6 Å². The Morgan fingerprint density at radius 2 is 2.04 bits per heavy atom. The van der Waals surface area contributed by atoms with Crippen molar-refractivity contribution in [1.82, 2.24) is 15.5 Å². The van der Waals surface area contributed by atoms with Crippen LogP contribution in [-0.4, -0.2) is 69.4 Å². The molecule has 6 nitrogen and oxygen atoms in total. The zero-order valence-corrected chi connectivity index (χ0v) is 17.4. The van der Waals surface area contributed by atoms with Gasteiger partial charge in [0.25, 0.3) is 0 Å². The third-order valence-corrected chi connectivity index (χ3v) is 5.79. The maximum absolute atomic E-state index is 14.7. The topological polar surface area (TPSA) is 52.1 Å². The summed E-state index contributed by atoms with van der Waals surface area (Å²) in [5.74, 6) is 0.552. The van der Waals surface area contributed by atoms with E-state index in [1.807, 2.05) is 12.1 Å². The number of hydrogen-bond acceptors (Lipinski definition) is 4. The van der Waals surface area contributed by atoms with Gasteiger partial charge in [0.05, 0.1) is 11.3 Å². The van der Waals surface area contributed by atoms with E-state index >= 15 is 0 Å². The molecule has 2 aliphatic rings. The molecule has 1 aromatic carbocycles. The number of guanidine groups is 1. The number of nitrogens with one attached hydrogen (secondary N) is 2. The number of nitrogens with zero attached hydrogens (tertiary/aromatic N) is 3. The molecule has 0 aliphatic carbocycles. The fourth-order valence-corrected chi connectivity index (χ4v) is 3.88. The lowest BCUT2D eigenvalue weighted by Crippen LogP contribution is -2.46. The van der Waals surface area contributed by atoms with Gasteiger partial charge in [-0.15, -0.1) is 0 Å². The third kappa shape index (κ3) is 5.35. The summed E-state index contributed by atoms with van der Waals surface area (Å²) in [5.41, 5.74) is 1.47. The Labute approximate surface area is 168 Å². The molecule has 2 heterocycles. The first-order valence-corrected chi connectivity index (χ1v) is 10.4. The summed E-state index contributed by atoms with van der Waals surface area (Å²) in [6.45, 7) is 11.1. The molecule has 7 heteroatoms. The third-order valence-electron chi connectivity index (χ3n) is 5.79. The molecule has 1 aromatic rings. The van der Waals surface area contributed by atoms with E-state index in [1.54, 1.807) is 13.1 Å². The number of ether oxygens (including phenoxy) is 1. The van der Waals surface area contributed by atoms with Crippen LogP contribution in [0, 0.1) is 5.82 Å². The lowest BCUT2D eigenvalue weighted by molar-refractivity contribution is 0.0243. The molecule has 0 spiro atoms. The van der Waals surface area contributed by atoms with Crippen LogP contribution in [0.3, 0.4) is 0 Å². The van der Waals surface area contributed by atoms with E-state index in [-0.39, 0.29) is 11.4 Å². The smallest absolute Gasteiger partial charge is 0.191 e. The van der Waals surface area contributed by atoms with Gasteiger partial charge in [-0.1, -0.05) is 13.0 Å². The summed E-state index contributed by atoms with van der Waals surface area (Å²) in [4.78, 5) is 8.79. The van der Waals surface area contributed by atoms with Crippen molar-refractivity contribution in [2.75, 3.05) is 57.8 Å². The first-order chi connectivity index (χ1) is 13.5. The van der Waals surface area contributed by atoms with Gasteiger partial charge in [0, 0.05) is 52.9 Å². The van der Waals surface area contributed by atoms with E-state index in [0.29, 0.717) is 24.7 Å². The quantitative estimate of drug-likeness (QED) is 0.575. The number of halogens is 1. The molecule has 2 N–H and O–H groups in total. The van der Waals surface area contributed by atoms with Gasteiger partial charge in [-0.2, -0.15) is 0 Å². The fraction of sp³-hybridized carbons (Fsp3) is 0.667. The summed E-state index contributed by atoms with van der Waals surface area (Å²) in [5, 5.41) is 6.58. The average Bonchev–Trinajstić information content (AvgIpc) is 3.15. The molecule has 0 bridgehead atoms. The largest absolute Gasteiger partial charge is 0.373 e. The second kappa shape index (κ2) is 9.56. The van der Waals surface area contributed by atoms with Crippen molar-refractivity contribution in [3.8, 4) is 0 Å². The molecule has 156 valence electrons. The van der Waals surface area contributed by atoms with E-state index in [0.717, 1.165) is 57.7 Å². The van der Waals surface area contributed by atoms with Gasteiger partial charge in [0.15, 0.2) is 5.96 Å². The monoisotopic (exact) mass is 391 g/mol.